The molecule has 2 aliphatic rings. The van der Waals surface area contributed by atoms with E-state index in [2.05, 4.69) is 5.32 Å². The van der Waals surface area contributed by atoms with Crippen LogP contribution in [0.1, 0.15) is 24.2 Å². The largest absolute Gasteiger partial charge is 0.482 e. The van der Waals surface area contributed by atoms with Crippen LogP contribution in [0.25, 0.3) is 0 Å². The summed E-state index contributed by atoms with van der Waals surface area (Å²) in [4.78, 5) is 25.7. The first-order valence-electron chi connectivity index (χ1n) is 7.04. The van der Waals surface area contributed by atoms with Gasteiger partial charge in [0.15, 0.2) is 6.61 Å². The van der Waals surface area contributed by atoms with Gasteiger partial charge in [-0.25, -0.2) is 0 Å². The molecule has 1 saturated heterocycles. The molecule has 0 radical (unpaired) electrons. The molecule has 1 N–H and O–H groups in total. The molecule has 0 saturated carbocycles. The van der Waals surface area contributed by atoms with Gasteiger partial charge in [-0.2, -0.15) is 0 Å². The number of carbonyl (C=O) groups is 2. The average Bonchev–Trinajstić information content (AvgIpc) is 2.44. The smallest absolute Gasteiger partial charge is 0.262 e. The lowest BCUT2D eigenvalue weighted by molar-refractivity contribution is -0.118. The summed E-state index contributed by atoms with van der Waals surface area (Å²) in [5.41, 5.74) is 1.09. The number of ether oxygens (including phenoxy) is 2. The molecule has 112 valence electrons. The average molecular weight is 290 g/mol. The van der Waals surface area contributed by atoms with E-state index in [9.17, 15) is 9.59 Å². The fraction of sp³-hybridized carbons (Fsp3) is 0.467. The molecule has 0 aromatic heterocycles. The van der Waals surface area contributed by atoms with Crippen molar-refractivity contribution in [2.75, 3.05) is 25.0 Å². The van der Waals surface area contributed by atoms with E-state index < -0.39 is 0 Å². The third-order valence-electron chi connectivity index (χ3n) is 3.57. The number of amides is 2. The lowest BCUT2D eigenvalue weighted by atomic mass is 10.1. The van der Waals surface area contributed by atoms with Crippen molar-refractivity contribution in [1.82, 2.24) is 4.90 Å². The van der Waals surface area contributed by atoms with E-state index in [0.29, 0.717) is 30.1 Å². The second-order valence-corrected chi connectivity index (χ2v) is 5.52. The Bertz CT molecular complexity index is 577. The number of rotatable bonds is 1. The molecular weight excluding hydrogens is 272 g/mol. The predicted octanol–water partition coefficient (Wildman–Crippen LogP) is 1.27. The van der Waals surface area contributed by atoms with E-state index in [4.69, 9.17) is 9.47 Å². The Morgan fingerprint density at radius 1 is 1.29 bits per heavy atom. The summed E-state index contributed by atoms with van der Waals surface area (Å²) in [6.07, 6.45) is 0.0525. The molecule has 1 fully saturated rings. The van der Waals surface area contributed by atoms with Crippen molar-refractivity contribution in [3.05, 3.63) is 23.8 Å². The second kappa shape index (κ2) is 5.37. The Hall–Kier alpha value is -2.08. The van der Waals surface area contributed by atoms with Crippen molar-refractivity contribution in [2.45, 2.75) is 26.1 Å². The zero-order chi connectivity index (χ0) is 15.0. The van der Waals surface area contributed by atoms with Crippen molar-refractivity contribution in [2.24, 2.45) is 0 Å². The van der Waals surface area contributed by atoms with E-state index in [0.717, 1.165) is 0 Å². The fourth-order valence-corrected chi connectivity index (χ4v) is 2.74. The molecule has 2 heterocycles. The Balaban J connectivity index is 1.81. The number of nitrogens with one attached hydrogen (secondary N) is 1. The first kappa shape index (κ1) is 13.9. The highest BCUT2D eigenvalue weighted by molar-refractivity contribution is 5.99. The summed E-state index contributed by atoms with van der Waals surface area (Å²) < 4.78 is 10.9. The predicted molar refractivity (Wildman–Crippen MR) is 76.5 cm³/mol. The number of hydrogen-bond acceptors (Lipinski definition) is 4. The molecule has 0 aliphatic carbocycles. The van der Waals surface area contributed by atoms with Gasteiger partial charge in [0.1, 0.15) is 5.75 Å². The van der Waals surface area contributed by atoms with Crippen LogP contribution in [0.3, 0.4) is 0 Å². The molecule has 0 bridgehead atoms. The summed E-state index contributed by atoms with van der Waals surface area (Å²) in [5.74, 6) is 0.329. The van der Waals surface area contributed by atoms with Crippen LogP contribution < -0.4 is 10.1 Å². The number of benzene rings is 1. The van der Waals surface area contributed by atoms with Crippen LogP contribution in [0.5, 0.6) is 5.75 Å². The van der Waals surface area contributed by atoms with E-state index in [1.54, 1.807) is 23.1 Å². The third-order valence-corrected chi connectivity index (χ3v) is 3.57. The number of hydrogen-bond donors (Lipinski definition) is 1. The molecule has 1 aromatic rings. The van der Waals surface area contributed by atoms with Crippen molar-refractivity contribution in [3.8, 4) is 5.75 Å². The number of morpholine rings is 1. The maximum absolute atomic E-state index is 12.6. The SMILES string of the molecule is CC1CN(C(=O)c2ccc3c(c2)NC(=O)CO3)CC(C)O1. The van der Waals surface area contributed by atoms with Crippen molar-refractivity contribution in [1.29, 1.82) is 0 Å². The van der Waals surface area contributed by atoms with Gasteiger partial charge in [0.05, 0.1) is 17.9 Å². The highest BCUT2D eigenvalue weighted by Crippen LogP contribution is 2.29. The van der Waals surface area contributed by atoms with Crippen LogP contribution in [0.2, 0.25) is 0 Å². The molecular formula is C15H18N2O4. The Kier molecular flexibility index (Phi) is 3.55. The summed E-state index contributed by atoms with van der Waals surface area (Å²) >= 11 is 0. The minimum atomic E-state index is -0.208. The summed E-state index contributed by atoms with van der Waals surface area (Å²) in [6.45, 7) is 5.07. The minimum absolute atomic E-state index is 0.0127. The van der Waals surface area contributed by atoms with Gasteiger partial charge >= 0.3 is 0 Å². The number of anilines is 1. The van der Waals surface area contributed by atoms with Gasteiger partial charge < -0.3 is 19.7 Å². The lowest BCUT2D eigenvalue weighted by Crippen LogP contribution is -2.48. The quantitative estimate of drug-likeness (QED) is 0.845. The zero-order valence-corrected chi connectivity index (χ0v) is 12.1. The summed E-state index contributed by atoms with van der Waals surface area (Å²) in [5, 5.41) is 2.72. The molecule has 6 nitrogen and oxygen atoms in total. The monoisotopic (exact) mass is 290 g/mol. The van der Waals surface area contributed by atoms with Gasteiger partial charge in [-0.15, -0.1) is 0 Å². The van der Waals surface area contributed by atoms with Crippen molar-refractivity contribution < 1.29 is 19.1 Å². The van der Waals surface area contributed by atoms with Crippen LogP contribution >= 0.6 is 0 Å². The van der Waals surface area contributed by atoms with E-state index >= 15 is 0 Å². The molecule has 2 atom stereocenters. The van der Waals surface area contributed by atoms with Gasteiger partial charge in [0.25, 0.3) is 11.8 Å². The Labute approximate surface area is 123 Å². The molecule has 3 rings (SSSR count). The van der Waals surface area contributed by atoms with Crippen LogP contribution in [0.15, 0.2) is 18.2 Å². The standard InChI is InChI=1S/C15H18N2O4/c1-9-6-17(7-10(2)21-9)15(19)11-3-4-13-12(5-11)16-14(18)8-20-13/h3-5,9-10H,6-8H2,1-2H3,(H,16,18). The van der Waals surface area contributed by atoms with Gasteiger partial charge in [-0.1, -0.05) is 0 Å². The number of nitrogens with zero attached hydrogens (tertiary/aromatic N) is 1. The Morgan fingerprint density at radius 2 is 2.00 bits per heavy atom. The van der Waals surface area contributed by atoms with Crippen LogP contribution in [-0.2, 0) is 9.53 Å². The van der Waals surface area contributed by atoms with Crippen molar-refractivity contribution >= 4 is 17.5 Å². The zero-order valence-electron chi connectivity index (χ0n) is 12.1. The van der Waals surface area contributed by atoms with E-state index in [-0.39, 0.29) is 30.6 Å². The molecule has 21 heavy (non-hydrogen) atoms. The van der Waals surface area contributed by atoms with Crippen LogP contribution in [0.4, 0.5) is 5.69 Å². The first-order chi connectivity index (χ1) is 10.0. The Morgan fingerprint density at radius 3 is 2.71 bits per heavy atom. The first-order valence-corrected chi connectivity index (χ1v) is 7.04. The van der Waals surface area contributed by atoms with Crippen LogP contribution in [0, 0.1) is 0 Å². The van der Waals surface area contributed by atoms with Gasteiger partial charge in [0, 0.05) is 18.7 Å². The van der Waals surface area contributed by atoms with E-state index in [1.165, 1.54) is 0 Å². The fourth-order valence-electron chi connectivity index (χ4n) is 2.74. The second-order valence-electron chi connectivity index (χ2n) is 5.52. The van der Waals surface area contributed by atoms with Gasteiger partial charge in [-0.3, -0.25) is 9.59 Å². The minimum Gasteiger partial charge on any atom is -0.482 e. The van der Waals surface area contributed by atoms with Crippen LogP contribution in [-0.4, -0.2) is 48.6 Å². The maximum atomic E-state index is 12.6. The van der Waals surface area contributed by atoms with E-state index in [1.807, 2.05) is 13.8 Å². The molecule has 6 heteroatoms. The molecule has 1 aromatic carbocycles. The third kappa shape index (κ3) is 2.85. The van der Waals surface area contributed by atoms with Gasteiger partial charge in [-0.05, 0) is 32.0 Å². The summed E-state index contributed by atoms with van der Waals surface area (Å²) in [7, 11) is 0. The lowest BCUT2D eigenvalue weighted by Gasteiger charge is -2.35. The molecule has 2 amide bonds. The maximum Gasteiger partial charge on any atom is 0.262 e. The molecule has 0 spiro atoms. The topological polar surface area (TPSA) is 67.9 Å². The number of carbonyl (C=O) groups excluding carboxylic acids is 2. The molecule has 2 unspecified atom stereocenters. The highest BCUT2D eigenvalue weighted by Gasteiger charge is 2.27. The highest BCUT2D eigenvalue weighted by atomic mass is 16.5. The van der Waals surface area contributed by atoms with Gasteiger partial charge in [0.2, 0.25) is 0 Å². The summed E-state index contributed by atoms with van der Waals surface area (Å²) in [6, 6.07) is 5.11. The number of fused-ring (bicyclic) bond motifs is 1. The van der Waals surface area contributed by atoms with Crippen molar-refractivity contribution in [3.63, 3.8) is 0 Å². The molecule has 2 aliphatic heterocycles. The normalized spacial score (nSPS) is 24.9.